The van der Waals surface area contributed by atoms with Crippen LogP contribution in [0.4, 0.5) is 17.6 Å². The molecule has 6 heteroatoms. The van der Waals surface area contributed by atoms with Gasteiger partial charge < -0.3 is 9.64 Å². The van der Waals surface area contributed by atoms with Gasteiger partial charge in [-0.1, -0.05) is 12.5 Å². The first-order valence-corrected chi connectivity index (χ1v) is 7.07. The van der Waals surface area contributed by atoms with E-state index < -0.39 is 26.0 Å². The van der Waals surface area contributed by atoms with E-state index in [0.717, 1.165) is 0 Å². The molecule has 0 amide bonds. The molecule has 126 valence electrons. The van der Waals surface area contributed by atoms with Crippen LogP contribution in [0.25, 0.3) is 5.70 Å². The fourth-order valence-electron chi connectivity index (χ4n) is 2.25. The largest absolute Gasteiger partial charge is 0.488 e. The van der Waals surface area contributed by atoms with Gasteiger partial charge in [0.05, 0.1) is 6.54 Å². The number of ether oxygens (including phenoxy) is 1. The number of benzene rings is 1. The number of alkyl halides is 4. The Morgan fingerprint density at radius 1 is 1.08 bits per heavy atom. The molecule has 0 saturated carbocycles. The predicted molar refractivity (Wildman–Crippen MR) is 84.7 cm³/mol. The highest BCUT2D eigenvalue weighted by Crippen LogP contribution is 2.32. The maximum absolute atomic E-state index is 12.9. The molecule has 0 saturated heterocycles. The van der Waals surface area contributed by atoms with Crippen molar-refractivity contribution in [1.82, 2.24) is 4.90 Å². The number of allylic oxidation sites excluding steroid dienone is 3. The summed E-state index contributed by atoms with van der Waals surface area (Å²) < 4.78 is 54.9. The van der Waals surface area contributed by atoms with E-state index in [2.05, 4.69) is 12.5 Å². The lowest BCUT2D eigenvalue weighted by molar-refractivity contribution is 0.0819. The summed E-state index contributed by atoms with van der Waals surface area (Å²) >= 11 is 0. The van der Waals surface area contributed by atoms with E-state index in [-0.39, 0.29) is 5.75 Å². The molecule has 0 aromatic heterocycles. The zero-order valence-electron chi connectivity index (χ0n) is 12.7. The van der Waals surface area contributed by atoms with Crippen molar-refractivity contribution in [2.75, 3.05) is 13.2 Å². The number of terminal acetylenes is 1. The van der Waals surface area contributed by atoms with Crippen LogP contribution in [-0.2, 0) is 0 Å². The van der Waals surface area contributed by atoms with Crippen molar-refractivity contribution in [2.24, 2.45) is 0 Å². The van der Waals surface area contributed by atoms with Crippen LogP contribution < -0.4 is 4.74 Å². The highest BCUT2D eigenvalue weighted by Gasteiger charge is 2.23. The van der Waals surface area contributed by atoms with E-state index in [0.29, 0.717) is 22.5 Å². The van der Waals surface area contributed by atoms with E-state index >= 15 is 0 Å². The topological polar surface area (TPSA) is 12.5 Å². The predicted octanol–water partition coefficient (Wildman–Crippen LogP) is 4.33. The Labute approximate surface area is 137 Å². The molecule has 0 bridgehead atoms. The van der Waals surface area contributed by atoms with Gasteiger partial charge in [-0.25, -0.2) is 17.6 Å². The van der Waals surface area contributed by atoms with E-state index in [9.17, 15) is 17.6 Å². The Bertz CT molecular complexity index is 699. The minimum absolute atomic E-state index is 0.273. The number of nitrogens with zero attached hydrogens (tertiary/aromatic N) is 1. The minimum Gasteiger partial charge on any atom is -0.488 e. The summed E-state index contributed by atoms with van der Waals surface area (Å²) in [6.07, 6.45) is 3.46. The smallest absolute Gasteiger partial charge is 0.272 e. The van der Waals surface area contributed by atoms with Crippen LogP contribution in [-0.4, -0.2) is 30.9 Å². The summed E-state index contributed by atoms with van der Waals surface area (Å²) in [5, 5.41) is 0. The van der Waals surface area contributed by atoms with Crippen molar-refractivity contribution in [3.05, 3.63) is 59.8 Å². The molecule has 24 heavy (non-hydrogen) atoms. The van der Waals surface area contributed by atoms with Crippen LogP contribution in [0.2, 0.25) is 0 Å². The second-order valence-electron chi connectivity index (χ2n) is 4.95. The van der Waals surface area contributed by atoms with Gasteiger partial charge in [-0.05, 0) is 42.0 Å². The number of halogens is 4. The van der Waals surface area contributed by atoms with E-state index in [1.54, 1.807) is 24.3 Å². The third kappa shape index (κ3) is 4.19. The van der Waals surface area contributed by atoms with E-state index in [1.807, 2.05) is 0 Å². The van der Waals surface area contributed by atoms with Gasteiger partial charge in [0.15, 0.2) is 0 Å². The van der Waals surface area contributed by atoms with Gasteiger partial charge in [0.2, 0.25) is 0 Å². The first-order valence-electron chi connectivity index (χ1n) is 7.07. The van der Waals surface area contributed by atoms with Gasteiger partial charge in [-0.3, -0.25) is 0 Å². The molecule has 1 aromatic carbocycles. The standard InChI is InChI=1S/C18H15F4NO/c1-3-13-6-9-16(23(12(13)2)10-17(19)20)14-4-7-15(8-5-14)24-11-18(21)22/h1,4-9,17-18H,2,10-11H2. The normalized spacial score (nSPS) is 14.5. The summed E-state index contributed by atoms with van der Waals surface area (Å²) in [7, 11) is 0. The Hall–Kier alpha value is -2.68. The van der Waals surface area contributed by atoms with Gasteiger partial charge in [0.1, 0.15) is 12.4 Å². The molecular weight excluding hydrogens is 322 g/mol. The lowest BCUT2D eigenvalue weighted by Gasteiger charge is -2.31. The summed E-state index contributed by atoms with van der Waals surface area (Å²) in [5.41, 5.74) is 1.86. The molecule has 0 fully saturated rings. The first-order chi connectivity index (χ1) is 11.4. The van der Waals surface area contributed by atoms with Gasteiger partial charge in [-0.2, -0.15) is 0 Å². The Morgan fingerprint density at radius 3 is 2.29 bits per heavy atom. The van der Waals surface area contributed by atoms with Gasteiger partial charge in [0.25, 0.3) is 12.9 Å². The second-order valence-corrected chi connectivity index (χ2v) is 4.95. The highest BCUT2D eigenvalue weighted by molar-refractivity contribution is 5.72. The first kappa shape index (κ1) is 17.7. The quantitative estimate of drug-likeness (QED) is 0.566. The van der Waals surface area contributed by atoms with Crippen molar-refractivity contribution in [3.63, 3.8) is 0 Å². The van der Waals surface area contributed by atoms with Crippen molar-refractivity contribution < 1.29 is 22.3 Å². The Balaban J connectivity index is 2.27. The lowest BCUT2D eigenvalue weighted by Crippen LogP contribution is -2.29. The maximum Gasteiger partial charge on any atom is 0.272 e. The molecule has 2 rings (SSSR count). The minimum atomic E-state index is -2.57. The van der Waals surface area contributed by atoms with Crippen molar-refractivity contribution in [3.8, 4) is 18.1 Å². The Morgan fingerprint density at radius 2 is 1.75 bits per heavy atom. The van der Waals surface area contributed by atoms with Crippen molar-refractivity contribution in [1.29, 1.82) is 0 Å². The molecule has 0 atom stereocenters. The van der Waals surface area contributed by atoms with E-state index in [1.165, 1.54) is 17.0 Å². The fraction of sp³-hybridized carbons (Fsp3) is 0.222. The summed E-state index contributed by atoms with van der Waals surface area (Å²) in [6, 6.07) is 6.21. The Kier molecular flexibility index (Phi) is 5.69. The molecule has 0 N–H and O–H groups in total. The fourth-order valence-corrected chi connectivity index (χ4v) is 2.25. The molecule has 1 aromatic rings. The van der Waals surface area contributed by atoms with E-state index in [4.69, 9.17) is 11.2 Å². The third-order valence-corrected chi connectivity index (χ3v) is 3.34. The van der Waals surface area contributed by atoms with Crippen LogP contribution in [0.1, 0.15) is 5.56 Å². The highest BCUT2D eigenvalue weighted by atomic mass is 19.3. The second kappa shape index (κ2) is 7.73. The molecule has 0 spiro atoms. The average molecular weight is 337 g/mol. The molecular formula is C18H15F4NO. The summed E-state index contributed by atoms with van der Waals surface area (Å²) in [6.45, 7) is 2.52. The summed E-state index contributed by atoms with van der Waals surface area (Å²) in [4.78, 5) is 1.34. The molecule has 0 aliphatic carbocycles. The SMILES string of the molecule is C#CC1=CC=C(c2ccc(OCC(F)F)cc2)N(CC(F)F)C1=C. The van der Waals surface area contributed by atoms with Crippen LogP contribution >= 0.6 is 0 Å². The monoisotopic (exact) mass is 337 g/mol. The molecule has 1 aliphatic rings. The molecule has 0 radical (unpaired) electrons. The van der Waals surface area contributed by atoms with Crippen LogP contribution in [0.15, 0.2) is 54.3 Å². The number of rotatable bonds is 6. The molecule has 1 aliphatic heterocycles. The van der Waals surface area contributed by atoms with Gasteiger partial charge in [0, 0.05) is 17.0 Å². The van der Waals surface area contributed by atoms with Crippen LogP contribution in [0.3, 0.4) is 0 Å². The van der Waals surface area contributed by atoms with Gasteiger partial charge in [-0.15, -0.1) is 6.42 Å². The number of hydrogen-bond donors (Lipinski definition) is 0. The zero-order chi connectivity index (χ0) is 17.7. The van der Waals surface area contributed by atoms with Crippen LogP contribution in [0.5, 0.6) is 5.75 Å². The van der Waals surface area contributed by atoms with Crippen molar-refractivity contribution >= 4 is 5.70 Å². The average Bonchev–Trinajstić information content (AvgIpc) is 2.55. The molecule has 2 nitrogen and oxygen atoms in total. The maximum atomic E-state index is 12.9. The lowest BCUT2D eigenvalue weighted by atomic mass is 10.0. The van der Waals surface area contributed by atoms with Crippen molar-refractivity contribution in [2.45, 2.75) is 12.9 Å². The number of hydrogen-bond acceptors (Lipinski definition) is 2. The van der Waals surface area contributed by atoms with Crippen LogP contribution in [0, 0.1) is 12.3 Å². The molecule has 0 unspecified atom stereocenters. The zero-order valence-corrected chi connectivity index (χ0v) is 12.7. The third-order valence-electron chi connectivity index (χ3n) is 3.34. The molecule has 1 heterocycles. The summed E-state index contributed by atoms with van der Waals surface area (Å²) in [5.74, 6) is 2.68. The van der Waals surface area contributed by atoms with Gasteiger partial charge >= 0.3 is 0 Å².